The van der Waals surface area contributed by atoms with Gasteiger partial charge in [-0.15, -0.1) is 6.58 Å². The number of hydrogen-bond donors (Lipinski definition) is 0. The van der Waals surface area contributed by atoms with Crippen LogP contribution >= 0.6 is 0 Å². The van der Waals surface area contributed by atoms with Gasteiger partial charge >= 0.3 is 5.97 Å². The maximum atomic E-state index is 12.4. The molecule has 5 nitrogen and oxygen atoms in total. The summed E-state index contributed by atoms with van der Waals surface area (Å²) < 4.78 is 22.6. The van der Waals surface area contributed by atoms with Crippen molar-refractivity contribution in [1.29, 1.82) is 0 Å². The van der Waals surface area contributed by atoms with E-state index in [1.54, 1.807) is 20.3 Å². The smallest absolute Gasteiger partial charge is 0.342 e. The topological polar surface area (TPSA) is 57.3 Å². The summed E-state index contributed by atoms with van der Waals surface area (Å²) in [6.45, 7) is 9.67. The van der Waals surface area contributed by atoms with Crippen LogP contribution in [-0.2, 0) is 20.7 Å². The Hall–Kier alpha value is -2.27. The van der Waals surface area contributed by atoms with Crippen LogP contribution in [0.2, 0.25) is 0 Å². The average Bonchev–Trinajstić information content (AvgIpc) is 3.26. The minimum absolute atomic E-state index is 0.301. The Balaban J connectivity index is 2.03. The monoisotopic (exact) mass is 344 g/mol. The highest BCUT2D eigenvalue weighted by molar-refractivity contribution is 5.87. The molecule has 2 heterocycles. The summed E-state index contributed by atoms with van der Waals surface area (Å²) >= 11 is 0. The van der Waals surface area contributed by atoms with E-state index in [9.17, 15) is 4.79 Å². The fourth-order valence-electron chi connectivity index (χ4n) is 3.56. The summed E-state index contributed by atoms with van der Waals surface area (Å²) in [4.78, 5) is 12.4. The van der Waals surface area contributed by atoms with Gasteiger partial charge in [-0.1, -0.05) is 18.2 Å². The van der Waals surface area contributed by atoms with Crippen LogP contribution in [0.5, 0.6) is 11.5 Å². The van der Waals surface area contributed by atoms with E-state index in [1.165, 1.54) is 0 Å². The minimum Gasteiger partial charge on any atom is -0.496 e. The first-order valence-electron chi connectivity index (χ1n) is 8.36. The van der Waals surface area contributed by atoms with Crippen LogP contribution in [0.15, 0.2) is 36.9 Å². The number of benzene rings is 1. The Morgan fingerprint density at radius 1 is 1.32 bits per heavy atom. The molecule has 1 aromatic rings. The van der Waals surface area contributed by atoms with Crippen LogP contribution in [0.1, 0.15) is 37.0 Å². The van der Waals surface area contributed by atoms with E-state index in [4.69, 9.17) is 18.9 Å². The number of carbonyl (C=O) groups excluding carboxylic acids is 1. The van der Waals surface area contributed by atoms with E-state index in [0.717, 1.165) is 22.4 Å². The molecule has 25 heavy (non-hydrogen) atoms. The summed E-state index contributed by atoms with van der Waals surface area (Å²) in [5.41, 5.74) is 1.86. The molecule has 0 radical (unpaired) electrons. The number of epoxide rings is 1. The molecule has 0 unspecified atom stereocenters. The second-order valence-corrected chi connectivity index (χ2v) is 6.58. The minimum atomic E-state index is -0.840. The number of carbonyl (C=O) groups is 1. The number of esters is 1. The molecule has 0 aliphatic carbocycles. The number of fused-ring (bicyclic) bond motifs is 1. The molecular formula is C20H24O5. The molecule has 2 saturated heterocycles. The van der Waals surface area contributed by atoms with Crippen molar-refractivity contribution in [2.75, 3.05) is 14.2 Å². The Kier molecular flexibility index (Phi) is 4.60. The SMILES string of the molecule is C=CCC[C@@]12O[C@@H]1[C@@H](c1c(OC)ccc(OC)c1CC(=C)C)OC2=O. The number of cyclic esters (lactones) is 1. The zero-order valence-electron chi connectivity index (χ0n) is 15.0. The largest absolute Gasteiger partial charge is 0.496 e. The molecule has 134 valence electrons. The zero-order chi connectivity index (χ0) is 18.2. The van der Waals surface area contributed by atoms with Crippen molar-refractivity contribution in [2.24, 2.45) is 0 Å². The fourth-order valence-corrected chi connectivity index (χ4v) is 3.56. The lowest BCUT2D eigenvalue weighted by molar-refractivity contribution is -0.154. The van der Waals surface area contributed by atoms with Gasteiger partial charge in [-0.25, -0.2) is 4.79 Å². The summed E-state index contributed by atoms with van der Waals surface area (Å²) in [5, 5.41) is 0. The second-order valence-electron chi connectivity index (χ2n) is 6.58. The van der Waals surface area contributed by atoms with E-state index in [2.05, 4.69) is 13.2 Å². The number of allylic oxidation sites excluding steroid dienone is 2. The molecule has 0 spiro atoms. The summed E-state index contributed by atoms with van der Waals surface area (Å²) in [7, 11) is 3.22. The van der Waals surface area contributed by atoms with Crippen LogP contribution in [0, 0.1) is 0 Å². The maximum Gasteiger partial charge on any atom is 0.342 e. The predicted molar refractivity (Wildman–Crippen MR) is 93.9 cm³/mol. The molecule has 3 rings (SSSR count). The Morgan fingerprint density at radius 3 is 2.56 bits per heavy atom. The third-order valence-electron chi connectivity index (χ3n) is 4.79. The van der Waals surface area contributed by atoms with Gasteiger partial charge in [0.1, 0.15) is 17.6 Å². The van der Waals surface area contributed by atoms with Crippen molar-refractivity contribution in [3.05, 3.63) is 48.1 Å². The standard InChI is InChI=1S/C20H24O5/c1-6-7-10-20-18(25-20)17(24-19(20)21)16-13(11-12(2)3)14(22-4)8-9-15(16)23-5/h6,8-9,17-18H,1-2,7,10-11H2,3-5H3/t17-,18-,20-/m1/s1. The number of hydrogen-bond acceptors (Lipinski definition) is 5. The van der Waals surface area contributed by atoms with Gasteiger partial charge in [-0.05, 0) is 38.3 Å². The molecule has 1 aromatic carbocycles. The normalized spacial score (nSPS) is 26.6. The molecular weight excluding hydrogens is 320 g/mol. The molecule has 0 amide bonds. The maximum absolute atomic E-state index is 12.4. The van der Waals surface area contributed by atoms with Crippen molar-refractivity contribution in [3.63, 3.8) is 0 Å². The van der Waals surface area contributed by atoms with Gasteiger partial charge in [0.2, 0.25) is 0 Å². The highest BCUT2D eigenvalue weighted by Gasteiger charge is 2.73. The van der Waals surface area contributed by atoms with Crippen LogP contribution in [-0.4, -0.2) is 31.9 Å². The zero-order valence-corrected chi connectivity index (χ0v) is 15.0. The van der Waals surface area contributed by atoms with Crippen molar-refractivity contribution < 1.29 is 23.7 Å². The van der Waals surface area contributed by atoms with Gasteiger partial charge in [0.15, 0.2) is 11.7 Å². The molecule has 5 heteroatoms. The van der Waals surface area contributed by atoms with E-state index in [1.807, 2.05) is 19.1 Å². The van der Waals surface area contributed by atoms with Crippen molar-refractivity contribution >= 4 is 5.97 Å². The van der Waals surface area contributed by atoms with E-state index in [-0.39, 0.29) is 12.1 Å². The first-order valence-corrected chi connectivity index (χ1v) is 8.36. The Labute approximate surface area is 148 Å². The third kappa shape index (κ3) is 2.82. The van der Waals surface area contributed by atoms with Gasteiger partial charge < -0.3 is 18.9 Å². The molecule has 2 fully saturated rings. The van der Waals surface area contributed by atoms with Crippen LogP contribution < -0.4 is 9.47 Å². The molecule has 2 aliphatic rings. The quantitative estimate of drug-likeness (QED) is 0.410. The first-order chi connectivity index (χ1) is 12.0. The fraction of sp³-hybridized carbons (Fsp3) is 0.450. The molecule has 3 atom stereocenters. The van der Waals surface area contributed by atoms with Gasteiger partial charge in [0, 0.05) is 11.1 Å². The van der Waals surface area contributed by atoms with E-state index < -0.39 is 11.7 Å². The summed E-state index contributed by atoms with van der Waals surface area (Å²) in [5.74, 6) is 1.07. The van der Waals surface area contributed by atoms with E-state index in [0.29, 0.717) is 25.0 Å². The van der Waals surface area contributed by atoms with Gasteiger partial charge in [-0.3, -0.25) is 0 Å². The lowest BCUT2D eigenvalue weighted by Crippen LogP contribution is -2.22. The highest BCUT2D eigenvalue weighted by Crippen LogP contribution is 2.58. The van der Waals surface area contributed by atoms with Gasteiger partial charge in [-0.2, -0.15) is 0 Å². The second kappa shape index (κ2) is 6.56. The number of methoxy groups -OCH3 is 2. The third-order valence-corrected chi connectivity index (χ3v) is 4.79. The van der Waals surface area contributed by atoms with Crippen molar-refractivity contribution in [2.45, 2.75) is 44.0 Å². The summed E-state index contributed by atoms with van der Waals surface area (Å²) in [6, 6.07) is 3.69. The first kappa shape index (κ1) is 17.5. The molecule has 0 aromatic heterocycles. The van der Waals surface area contributed by atoms with Crippen molar-refractivity contribution in [3.8, 4) is 11.5 Å². The molecule has 0 bridgehead atoms. The highest BCUT2D eigenvalue weighted by atomic mass is 16.7. The Bertz CT molecular complexity index is 723. The molecule has 0 saturated carbocycles. The number of ether oxygens (including phenoxy) is 4. The van der Waals surface area contributed by atoms with Crippen molar-refractivity contribution in [1.82, 2.24) is 0 Å². The molecule has 2 aliphatic heterocycles. The van der Waals surface area contributed by atoms with Crippen LogP contribution in [0.4, 0.5) is 0 Å². The van der Waals surface area contributed by atoms with E-state index >= 15 is 0 Å². The molecule has 0 N–H and O–H groups in total. The summed E-state index contributed by atoms with van der Waals surface area (Å²) in [6.07, 6.45) is 2.87. The average molecular weight is 344 g/mol. The lowest BCUT2D eigenvalue weighted by Gasteiger charge is -2.21. The Morgan fingerprint density at radius 2 is 2.00 bits per heavy atom. The van der Waals surface area contributed by atoms with Gasteiger partial charge in [0.25, 0.3) is 0 Å². The van der Waals surface area contributed by atoms with Crippen LogP contribution in [0.3, 0.4) is 0 Å². The number of rotatable bonds is 8. The lowest BCUT2D eigenvalue weighted by atomic mass is 9.90. The van der Waals surface area contributed by atoms with Gasteiger partial charge in [0.05, 0.1) is 14.2 Å². The van der Waals surface area contributed by atoms with Crippen LogP contribution in [0.25, 0.3) is 0 Å². The predicted octanol–water partition coefficient (Wildman–Crippen LogP) is 3.52.